The zero-order valence-corrected chi connectivity index (χ0v) is 9.78. The lowest BCUT2D eigenvalue weighted by Crippen LogP contribution is -1.96. The lowest BCUT2D eigenvalue weighted by atomic mass is 10.1. The predicted molar refractivity (Wildman–Crippen MR) is 60.8 cm³/mol. The molecule has 2 N–H and O–H groups in total. The van der Waals surface area contributed by atoms with E-state index in [9.17, 15) is 14.8 Å². The molecule has 0 radical (unpaired) electrons. The first kappa shape index (κ1) is 13.5. The van der Waals surface area contributed by atoms with Crippen molar-refractivity contribution < 1.29 is 29.5 Å². The number of esters is 1. The number of phenols is 1. The fourth-order valence-electron chi connectivity index (χ4n) is 1.24. The summed E-state index contributed by atoms with van der Waals surface area (Å²) in [5.41, 5.74) is -0.0150. The van der Waals surface area contributed by atoms with E-state index in [4.69, 9.17) is 9.94 Å². The van der Waals surface area contributed by atoms with Gasteiger partial charge >= 0.3 is 11.7 Å². The first-order valence-electron chi connectivity index (χ1n) is 4.82. The third-order valence-corrected chi connectivity index (χ3v) is 2.12. The van der Waals surface area contributed by atoms with Crippen LogP contribution in [0.1, 0.15) is 5.56 Å². The summed E-state index contributed by atoms with van der Waals surface area (Å²) >= 11 is 0. The summed E-state index contributed by atoms with van der Waals surface area (Å²) in [5.74, 6) is -1.08. The van der Waals surface area contributed by atoms with Crippen molar-refractivity contribution in [2.45, 2.75) is 0 Å². The van der Waals surface area contributed by atoms with Crippen LogP contribution in [0, 0.1) is 4.91 Å². The molecular weight excluding hydrogens is 242 g/mol. The Bertz CT molecular complexity index is 509. The van der Waals surface area contributed by atoms with Crippen LogP contribution in [0.25, 0.3) is 6.08 Å². The van der Waals surface area contributed by atoms with Crippen LogP contribution in [0.3, 0.4) is 0 Å². The minimum Gasteiger partial charge on any atom is -0.499 e. The maximum absolute atomic E-state index is 10.9. The van der Waals surface area contributed by atoms with Crippen LogP contribution in [-0.4, -0.2) is 35.4 Å². The zero-order chi connectivity index (χ0) is 13.7. The second-order valence-corrected chi connectivity index (χ2v) is 3.22. The molecule has 0 heterocycles. The molecule has 0 aromatic heterocycles. The second kappa shape index (κ2) is 5.67. The van der Waals surface area contributed by atoms with E-state index in [2.05, 4.69) is 4.74 Å². The molecule has 0 aliphatic heterocycles. The van der Waals surface area contributed by atoms with Crippen LogP contribution >= 0.6 is 0 Å². The highest BCUT2D eigenvalue weighted by atomic mass is 16.6. The van der Waals surface area contributed by atoms with Gasteiger partial charge in [0.05, 0.1) is 19.1 Å². The maximum atomic E-state index is 10.9. The van der Waals surface area contributed by atoms with Crippen molar-refractivity contribution in [1.82, 2.24) is 0 Å². The summed E-state index contributed by atoms with van der Waals surface area (Å²) in [6, 6.07) is 2.58. The first-order chi connectivity index (χ1) is 8.49. The van der Waals surface area contributed by atoms with Gasteiger partial charge in [0.25, 0.3) is 4.92 Å². The highest BCUT2D eigenvalue weighted by Gasteiger charge is 2.23. The normalized spacial score (nSPS) is 10.3. The minimum atomic E-state index is -0.577. The molecule has 0 spiro atoms. The Labute approximate surface area is 102 Å². The SMILES string of the molecule is COC(=O)/C=C/c1cc(OC)c(O)c([N+](=O)O)c1. The Morgan fingerprint density at radius 3 is 2.56 bits per heavy atom. The van der Waals surface area contributed by atoms with Gasteiger partial charge in [0.15, 0.2) is 5.75 Å². The molecule has 0 saturated heterocycles. The number of carbonyl (C=O) groups excluding carboxylic acids is 1. The van der Waals surface area contributed by atoms with Gasteiger partial charge in [-0.15, -0.1) is 0 Å². The number of phenolic OH excluding ortho intramolecular Hbond substituents is 1. The molecule has 0 fully saturated rings. The van der Waals surface area contributed by atoms with Crippen LogP contribution in [-0.2, 0) is 9.53 Å². The molecule has 0 aliphatic carbocycles. The van der Waals surface area contributed by atoms with Gasteiger partial charge in [-0.1, -0.05) is 0 Å². The van der Waals surface area contributed by atoms with Gasteiger partial charge < -0.3 is 14.6 Å². The van der Waals surface area contributed by atoms with Gasteiger partial charge in [-0.25, -0.2) is 10.0 Å². The van der Waals surface area contributed by atoms with Crippen molar-refractivity contribution in [3.8, 4) is 11.5 Å². The Balaban J connectivity index is 3.22. The molecule has 0 saturated carbocycles. The molecular formula is C11H12NO6+. The van der Waals surface area contributed by atoms with E-state index >= 15 is 0 Å². The molecule has 1 aromatic rings. The van der Waals surface area contributed by atoms with Crippen LogP contribution < -0.4 is 4.74 Å². The van der Waals surface area contributed by atoms with Crippen LogP contribution in [0.5, 0.6) is 11.5 Å². The van der Waals surface area contributed by atoms with E-state index in [0.717, 1.165) is 6.08 Å². The number of nitrogens with zero attached hydrogens (tertiary/aromatic N) is 1. The summed E-state index contributed by atoms with van der Waals surface area (Å²) in [7, 11) is 2.52. The van der Waals surface area contributed by atoms with Gasteiger partial charge in [0, 0.05) is 12.1 Å². The Kier molecular flexibility index (Phi) is 4.25. The van der Waals surface area contributed by atoms with E-state index in [1.807, 2.05) is 0 Å². The summed E-state index contributed by atoms with van der Waals surface area (Å²) in [5, 5.41) is 18.4. The third-order valence-electron chi connectivity index (χ3n) is 2.12. The topological polar surface area (TPSA) is 96.1 Å². The van der Waals surface area contributed by atoms with E-state index < -0.39 is 16.6 Å². The third kappa shape index (κ3) is 2.97. The van der Waals surface area contributed by atoms with Crippen molar-refractivity contribution >= 4 is 17.7 Å². The van der Waals surface area contributed by atoms with Gasteiger partial charge in [-0.05, 0) is 17.7 Å². The molecule has 1 rings (SSSR count). The molecule has 0 aliphatic rings. The highest BCUT2D eigenvalue weighted by molar-refractivity contribution is 5.87. The van der Waals surface area contributed by atoms with Gasteiger partial charge in [-0.3, -0.25) is 0 Å². The van der Waals surface area contributed by atoms with Crippen LogP contribution in [0.2, 0.25) is 0 Å². The number of rotatable bonds is 4. The predicted octanol–water partition coefficient (Wildman–Crippen LogP) is 1.39. The van der Waals surface area contributed by atoms with E-state index in [-0.39, 0.29) is 11.4 Å². The van der Waals surface area contributed by atoms with Crippen molar-refractivity contribution in [1.29, 1.82) is 0 Å². The molecule has 18 heavy (non-hydrogen) atoms. The number of ether oxygens (including phenoxy) is 2. The lowest BCUT2D eigenvalue weighted by Gasteiger charge is -2.03. The molecule has 96 valence electrons. The maximum Gasteiger partial charge on any atom is 0.362 e. The smallest absolute Gasteiger partial charge is 0.362 e. The van der Waals surface area contributed by atoms with E-state index in [1.165, 1.54) is 32.4 Å². The number of benzene rings is 1. The van der Waals surface area contributed by atoms with Crippen molar-refractivity contribution in [3.63, 3.8) is 0 Å². The van der Waals surface area contributed by atoms with E-state index in [1.54, 1.807) is 0 Å². The average molecular weight is 254 g/mol. The van der Waals surface area contributed by atoms with Crippen LogP contribution in [0.15, 0.2) is 18.2 Å². The number of hydrogen-bond donors (Lipinski definition) is 2. The average Bonchev–Trinajstić information content (AvgIpc) is 2.36. The first-order valence-corrected chi connectivity index (χ1v) is 4.82. The van der Waals surface area contributed by atoms with Gasteiger partial charge in [-0.2, -0.15) is 0 Å². The molecule has 0 bridgehead atoms. The fraction of sp³-hybridized carbons (Fsp3) is 0.182. The van der Waals surface area contributed by atoms with Gasteiger partial charge in [0.2, 0.25) is 5.75 Å². The Morgan fingerprint density at radius 2 is 2.06 bits per heavy atom. The second-order valence-electron chi connectivity index (χ2n) is 3.22. The van der Waals surface area contributed by atoms with Crippen LogP contribution in [0.4, 0.5) is 5.69 Å². The van der Waals surface area contributed by atoms with Gasteiger partial charge in [0.1, 0.15) is 0 Å². The number of aromatic hydroxyl groups is 1. The Morgan fingerprint density at radius 1 is 1.39 bits per heavy atom. The summed E-state index contributed by atoms with van der Waals surface area (Å²) < 4.78 is 9.23. The summed E-state index contributed by atoms with van der Waals surface area (Å²) in [4.78, 5) is 21.2. The molecule has 7 nitrogen and oxygen atoms in total. The highest BCUT2D eigenvalue weighted by Crippen LogP contribution is 2.36. The molecule has 1 aromatic carbocycles. The van der Waals surface area contributed by atoms with Crippen molar-refractivity contribution in [2.24, 2.45) is 0 Å². The van der Waals surface area contributed by atoms with E-state index in [0.29, 0.717) is 5.56 Å². The zero-order valence-electron chi connectivity index (χ0n) is 9.78. The Hall–Kier alpha value is -2.57. The largest absolute Gasteiger partial charge is 0.499 e. The minimum absolute atomic E-state index is 0.00749. The molecule has 0 atom stereocenters. The molecule has 7 heteroatoms. The number of methoxy groups -OCH3 is 2. The molecule has 0 amide bonds. The number of carbonyl (C=O) groups is 1. The number of hydrogen-bond acceptors (Lipinski definition) is 5. The molecule has 0 unspecified atom stereocenters. The summed E-state index contributed by atoms with van der Waals surface area (Å²) in [6.07, 6.45) is 2.48. The standard InChI is InChI=1S/C11H11NO6/c1-17-9-6-7(3-4-10(13)18-2)5-8(11(9)14)12(15)16/h3-6H,1-2H3,(H-,13,14,15,16)/p+1. The monoisotopic (exact) mass is 254 g/mol. The lowest BCUT2D eigenvalue weighted by molar-refractivity contribution is -0.730. The fourth-order valence-corrected chi connectivity index (χ4v) is 1.24. The van der Waals surface area contributed by atoms with Crippen molar-refractivity contribution in [3.05, 3.63) is 28.7 Å². The van der Waals surface area contributed by atoms with Crippen molar-refractivity contribution in [2.75, 3.05) is 14.2 Å². The quantitative estimate of drug-likeness (QED) is 0.479. The summed E-state index contributed by atoms with van der Waals surface area (Å²) in [6.45, 7) is 0.